The maximum Gasteiger partial charge on any atom is 0.293 e. The van der Waals surface area contributed by atoms with E-state index in [1.165, 1.54) is 18.3 Å². The molecule has 0 radical (unpaired) electrons. The molecule has 0 aliphatic heterocycles. The number of carbonyl (C=O) groups excluding carboxylic acids is 1. The Hall–Kier alpha value is -2.75. The van der Waals surface area contributed by atoms with Gasteiger partial charge in [-0.3, -0.25) is 19.6 Å². The van der Waals surface area contributed by atoms with E-state index in [0.717, 1.165) is 5.56 Å². The largest absolute Gasteiger partial charge is 0.293 e. The minimum Gasteiger partial charge on any atom is -0.266 e. The van der Waals surface area contributed by atoms with Crippen molar-refractivity contribution in [3.8, 4) is 0 Å². The van der Waals surface area contributed by atoms with Gasteiger partial charge < -0.3 is 0 Å². The number of nitrogens with zero attached hydrogens (tertiary/aromatic N) is 4. The molecule has 11 heteroatoms. The highest BCUT2D eigenvalue weighted by atomic mass is 79.9. The first-order valence-corrected chi connectivity index (χ1v) is 9.63. The first-order valence-electron chi connectivity index (χ1n) is 8.08. The Morgan fingerprint density at radius 2 is 2.00 bits per heavy atom. The average Bonchev–Trinajstić information content (AvgIpc) is 3.04. The fourth-order valence-corrected chi connectivity index (χ4v) is 3.31. The monoisotopic (exact) mass is 495 g/mol. The van der Waals surface area contributed by atoms with Crippen molar-refractivity contribution in [1.82, 2.24) is 15.2 Å². The van der Waals surface area contributed by atoms with Crippen molar-refractivity contribution in [1.29, 1.82) is 0 Å². The summed E-state index contributed by atoms with van der Waals surface area (Å²) >= 11 is 15.2. The summed E-state index contributed by atoms with van der Waals surface area (Å²) < 4.78 is 2.02. The quantitative estimate of drug-likeness (QED) is 0.304. The van der Waals surface area contributed by atoms with Crippen LogP contribution in [-0.2, 0) is 6.54 Å². The van der Waals surface area contributed by atoms with Crippen molar-refractivity contribution in [2.45, 2.75) is 6.54 Å². The van der Waals surface area contributed by atoms with E-state index in [1.54, 1.807) is 41.2 Å². The number of hydrazone groups is 1. The second kappa shape index (κ2) is 9.17. The van der Waals surface area contributed by atoms with Crippen LogP contribution in [0.5, 0.6) is 0 Å². The minimum atomic E-state index is -0.513. The van der Waals surface area contributed by atoms with Crippen LogP contribution in [0.15, 0.2) is 58.2 Å². The molecule has 1 heterocycles. The Morgan fingerprint density at radius 3 is 2.66 bits per heavy atom. The molecule has 1 amide bonds. The summed E-state index contributed by atoms with van der Waals surface area (Å²) in [6.07, 6.45) is 3.04. The molecular weight excluding hydrogens is 485 g/mol. The molecule has 0 unspecified atom stereocenters. The molecular formula is C18H12BrCl2N5O3. The molecule has 0 fully saturated rings. The molecule has 3 aromatic rings. The normalized spacial score (nSPS) is 11.0. The van der Waals surface area contributed by atoms with Crippen LogP contribution in [0.4, 0.5) is 5.69 Å². The predicted octanol–water partition coefficient (Wildman–Crippen LogP) is 4.67. The first-order chi connectivity index (χ1) is 13.8. The molecule has 0 atom stereocenters. The smallest absolute Gasteiger partial charge is 0.266 e. The number of rotatable bonds is 6. The second-order valence-corrected chi connectivity index (χ2v) is 7.51. The molecule has 3 rings (SSSR count). The summed E-state index contributed by atoms with van der Waals surface area (Å²) in [5.41, 5.74) is 3.93. The van der Waals surface area contributed by atoms with Gasteiger partial charge in [-0.2, -0.15) is 10.2 Å². The number of nitro benzene ring substituents is 1. The van der Waals surface area contributed by atoms with Gasteiger partial charge in [0.25, 0.3) is 11.6 Å². The van der Waals surface area contributed by atoms with E-state index in [0.29, 0.717) is 26.6 Å². The highest BCUT2D eigenvalue weighted by molar-refractivity contribution is 9.10. The SMILES string of the molecule is O=C(NN=Cc1ccc(Cl)cc1Cl)c1nn(Cc2ccc([N+](=O)[O-])cc2)cc1Br. The average molecular weight is 497 g/mol. The lowest BCUT2D eigenvalue weighted by molar-refractivity contribution is -0.384. The number of nitro groups is 1. The van der Waals surface area contributed by atoms with Crippen molar-refractivity contribution < 1.29 is 9.72 Å². The van der Waals surface area contributed by atoms with Crippen LogP contribution in [0.2, 0.25) is 10.0 Å². The van der Waals surface area contributed by atoms with Crippen LogP contribution >= 0.6 is 39.1 Å². The fourth-order valence-electron chi connectivity index (χ4n) is 2.36. The number of nitrogens with one attached hydrogen (secondary N) is 1. The van der Waals surface area contributed by atoms with E-state index in [4.69, 9.17) is 23.2 Å². The zero-order chi connectivity index (χ0) is 21.0. The van der Waals surface area contributed by atoms with Gasteiger partial charge in [-0.05, 0) is 33.6 Å². The Labute approximate surface area is 183 Å². The standard InChI is InChI=1S/C18H12BrCl2N5O3/c19-15-10-25(9-11-1-5-14(6-2-11)26(28)29)24-17(15)18(27)23-22-8-12-3-4-13(20)7-16(12)21/h1-8,10H,9H2,(H,23,27). The summed E-state index contributed by atoms with van der Waals surface area (Å²) in [5.74, 6) is -0.513. The highest BCUT2D eigenvalue weighted by Crippen LogP contribution is 2.20. The van der Waals surface area contributed by atoms with Gasteiger partial charge in [0.15, 0.2) is 5.69 Å². The molecule has 29 heavy (non-hydrogen) atoms. The summed E-state index contributed by atoms with van der Waals surface area (Å²) in [4.78, 5) is 22.6. The van der Waals surface area contributed by atoms with Crippen LogP contribution in [0.1, 0.15) is 21.6 Å². The van der Waals surface area contributed by atoms with Gasteiger partial charge >= 0.3 is 0 Å². The van der Waals surface area contributed by atoms with Gasteiger partial charge in [0.2, 0.25) is 0 Å². The Kier molecular flexibility index (Phi) is 6.63. The molecule has 8 nitrogen and oxygen atoms in total. The summed E-state index contributed by atoms with van der Waals surface area (Å²) in [6, 6.07) is 11.0. The molecule has 0 saturated heterocycles. The van der Waals surface area contributed by atoms with Crippen molar-refractivity contribution >= 4 is 56.9 Å². The van der Waals surface area contributed by atoms with Crippen molar-refractivity contribution in [3.63, 3.8) is 0 Å². The van der Waals surface area contributed by atoms with Crippen LogP contribution < -0.4 is 5.43 Å². The number of amides is 1. The van der Waals surface area contributed by atoms with Gasteiger partial charge in [0.05, 0.1) is 27.2 Å². The molecule has 0 saturated carbocycles. The van der Waals surface area contributed by atoms with Gasteiger partial charge in [-0.15, -0.1) is 0 Å². The van der Waals surface area contributed by atoms with E-state index < -0.39 is 10.8 Å². The molecule has 2 aromatic carbocycles. The molecule has 0 spiro atoms. The summed E-state index contributed by atoms with van der Waals surface area (Å²) in [7, 11) is 0. The molecule has 1 N–H and O–H groups in total. The number of halogens is 3. The molecule has 0 aliphatic carbocycles. The van der Waals surface area contributed by atoms with Crippen molar-refractivity contribution in [3.05, 3.63) is 90.1 Å². The van der Waals surface area contributed by atoms with Crippen LogP contribution in [-0.4, -0.2) is 26.8 Å². The third kappa shape index (κ3) is 5.41. The van der Waals surface area contributed by atoms with Crippen LogP contribution in [0.25, 0.3) is 0 Å². The lowest BCUT2D eigenvalue weighted by Gasteiger charge is -2.01. The lowest BCUT2D eigenvalue weighted by Crippen LogP contribution is -2.19. The highest BCUT2D eigenvalue weighted by Gasteiger charge is 2.15. The minimum absolute atomic E-state index is 0.00844. The Bertz CT molecular complexity index is 1100. The van der Waals surface area contributed by atoms with E-state index in [1.807, 2.05) is 0 Å². The second-order valence-electron chi connectivity index (χ2n) is 5.81. The third-order valence-corrected chi connectivity index (χ3v) is 4.90. The van der Waals surface area contributed by atoms with Gasteiger partial charge in [0, 0.05) is 28.9 Å². The number of non-ortho nitro benzene ring substituents is 1. The van der Waals surface area contributed by atoms with E-state index in [2.05, 4.69) is 31.6 Å². The first kappa shape index (κ1) is 21.0. The van der Waals surface area contributed by atoms with Gasteiger partial charge in [-0.1, -0.05) is 41.4 Å². The number of carbonyl (C=O) groups is 1. The topological polar surface area (TPSA) is 102 Å². The van der Waals surface area contributed by atoms with Crippen molar-refractivity contribution in [2.24, 2.45) is 5.10 Å². The lowest BCUT2D eigenvalue weighted by atomic mass is 10.2. The Morgan fingerprint density at radius 1 is 1.28 bits per heavy atom. The maximum atomic E-state index is 12.3. The van der Waals surface area contributed by atoms with Crippen molar-refractivity contribution in [2.75, 3.05) is 0 Å². The summed E-state index contributed by atoms with van der Waals surface area (Å²) in [5, 5.41) is 19.7. The van der Waals surface area contributed by atoms with Crippen LogP contribution in [0.3, 0.4) is 0 Å². The molecule has 0 bridgehead atoms. The number of benzene rings is 2. The van der Waals surface area contributed by atoms with E-state index >= 15 is 0 Å². The molecule has 1 aromatic heterocycles. The maximum absolute atomic E-state index is 12.3. The molecule has 148 valence electrons. The molecule has 0 aliphatic rings. The van der Waals surface area contributed by atoms with Gasteiger partial charge in [0.1, 0.15) is 0 Å². The zero-order valence-electron chi connectivity index (χ0n) is 14.6. The predicted molar refractivity (Wildman–Crippen MR) is 114 cm³/mol. The number of hydrogen-bond acceptors (Lipinski definition) is 5. The number of hydrogen-bond donors (Lipinski definition) is 1. The van der Waals surface area contributed by atoms with Crippen LogP contribution in [0, 0.1) is 10.1 Å². The third-order valence-electron chi connectivity index (χ3n) is 3.76. The Balaban J connectivity index is 1.66. The fraction of sp³-hybridized carbons (Fsp3) is 0.0556. The van der Waals surface area contributed by atoms with E-state index in [9.17, 15) is 14.9 Å². The van der Waals surface area contributed by atoms with E-state index in [-0.39, 0.29) is 11.4 Å². The number of aromatic nitrogens is 2. The zero-order valence-corrected chi connectivity index (χ0v) is 17.6. The summed E-state index contributed by atoms with van der Waals surface area (Å²) in [6.45, 7) is 0.341. The van der Waals surface area contributed by atoms with Gasteiger partial charge in [-0.25, -0.2) is 5.43 Å².